The molecule has 0 spiro atoms. The summed E-state index contributed by atoms with van der Waals surface area (Å²) in [7, 11) is 0. The molecule has 0 bridgehead atoms. The topological polar surface area (TPSA) is 38.3 Å². The van der Waals surface area contributed by atoms with Gasteiger partial charge in [0.2, 0.25) is 5.91 Å². The van der Waals surface area contributed by atoms with E-state index in [-0.39, 0.29) is 17.8 Å². The van der Waals surface area contributed by atoms with Gasteiger partial charge in [-0.25, -0.2) is 4.39 Å². The van der Waals surface area contributed by atoms with E-state index in [2.05, 4.69) is 5.32 Å². The van der Waals surface area contributed by atoms with Gasteiger partial charge < -0.3 is 10.1 Å². The van der Waals surface area contributed by atoms with E-state index < -0.39 is 5.41 Å². The third kappa shape index (κ3) is 4.88. The Kier molecular flexibility index (Phi) is 6.51. The first-order valence-corrected chi connectivity index (χ1v) is 9.77. The molecule has 0 radical (unpaired) electrons. The quantitative estimate of drug-likeness (QED) is 0.780. The lowest BCUT2D eigenvalue weighted by Crippen LogP contribution is -2.50. The maximum Gasteiger partial charge on any atom is 0.231 e. The van der Waals surface area contributed by atoms with Crippen LogP contribution in [0.4, 0.5) is 4.39 Å². The summed E-state index contributed by atoms with van der Waals surface area (Å²) in [5.74, 6) is -0.359. The zero-order valence-electron chi connectivity index (χ0n) is 15.5. The van der Waals surface area contributed by atoms with Crippen molar-refractivity contribution in [3.8, 4) is 0 Å². The maximum atomic E-state index is 13.8. The number of halogens is 2. The molecule has 1 aliphatic heterocycles. The summed E-state index contributed by atoms with van der Waals surface area (Å²) in [6.07, 6.45) is 2.80. The van der Waals surface area contributed by atoms with Crippen LogP contribution in [-0.2, 0) is 21.4 Å². The lowest BCUT2D eigenvalue weighted by molar-refractivity contribution is -0.131. The smallest absolute Gasteiger partial charge is 0.231 e. The van der Waals surface area contributed by atoms with Gasteiger partial charge in [-0.05, 0) is 68.0 Å². The second kappa shape index (κ2) is 8.85. The van der Waals surface area contributed by atoms with Gasteiger partial charge in [0.25, 0.3) is 0 Å². The van der Waals surface area contributed by atoms with Gasteiger partial charge in [0.05, 0.1) is 5.41 Å². The van der Waals surface area contributed by atoms with Gasteiger partial charge in [0.15, 0.2) is 0 Å². The highest BCUT2D eigenvalue weighted by Gasteiger charge is 2.42. The SMILES string of the molecule is CC(CCc1ccc(Cl)cc1)NC(=O)C1(c2cccc(F)c2)CCOCC1. The minimum Gasteiger partial charge on any atom is -0.381 e. The molecular formula is C22H25ClFNO2. The Morgan fingerprint density at radius 3 is 2.59 bits per heavy atom. The van der Waals surface area contributed by atoms with Gasteiger partial charge in [-0.3, -0.25) is 4.79 Å². The van der Waals surface area contributed by atoms with Crippen LogP contribution in [-0.4, -0.2) is 25.2 Å². The normalized spacial score (nSPS) is 17.3. The summed E-state index contributed by atoms with van der Waals surface area (Å²) >= 11 is 5.92. The number of hydrogen-bond donors (Lipinski definition) is 1. The summed E-state index contributed by atoms with van der Waals surface area (Å²) in [5.41, 5.74) is 1.19. The standard InChI is InChI=1S/C22H25ClFNO2/c1-16(5-6-17-7-9-19(23)10-8-17)25-21(26)22(11-13-27-14-12-22)18-3-2-4-20(24)15-18/h2-4,7-10,15-16H,5-6,11-14H2,1H3,(H,25,26). The molecule has 1 atom stereocenters. The highest BCUT2D eigenvalue weighted by molar-refractivity contribution is 6.30. The van der Waals surface area contributed by atoms with Gasteiger partial charge in [-0.1, -0.05) is 35.9 Å². The van der Waals surface area contributed by atoms with Crippen molar-refractivity contribution >= 4 is 17.5 Å². The zero-order chi connectivity index (χ0) is 19.3. The van der Waals surface area contributed by atoms with Gasteiger partial charge in [0.1, 0.15) is 5.82 Å². The molecule has 5 heteroatoms. The van der Waals surface area contributed by atoms with E-state index in [1.54, 1.807) is 6.07 Å². The molecule has 1 N–H and O–H groups in total. The van der Waals surface area contributed by atoms with Crippen LogP contribution in [0.1, 0.15) is 37.3 Å². The Morgan fingerprint density at radius 1 is 1.22 bits per heavy atom. The molecule has 1 heterocycles. The lowest BCUT2D eigenvalue weighted by atomic mass is 9.73. The van der Waals surface area contributed by atoms with E-state index in [4.69, 9.17) is 16.3 Å². The largest absolute Gasteiger partial charge is 0.381 e. The van der Waals surface area contributed by atoms with Crippen LogP contribution in [0.5, 0.6) is 0 Å². The van der Waals surface area contributed by atoms with E-state index in [9.17, 15) is 9.18 Å². The van der Waals surface area contributed by atoms with Crippen molar-refractivity contribution < 1.29 is 13.9 Å². The van der Waals surface area contributed by atoms with Crippen LogP contribution in [0.3, 0.4) is 0 Å². The van der Waals surface area contributed by atoms with Gasteiger partial charge in [-0.2, -0.15) is 0 Å². The Hall–Kier alpha value is -1.91. The molecule has 0 aliphatic carbocycles. The molecule has 2 aromatic rings. The molecule has 144 valence electrons. The fourth-order valence-corrected chi connectivity index (χ4v) is 3.75. The van der Waals surface area contributed by atoms with Crippen LogP contribution in [0, 0.1) is 5.82 Å². The van der Waals surface area contributed by atoms with E-state index >= 15 is 0 Å². The first-order chi connectivity index (χ1) is 13.0. The second-order valence-electron chi connectivity index (χ2n) is 7.24. The molecule has 1 unspecified atom stereocenters. The Labute approximate surface area is 164 Å². The molecule has 0 aromatic heterocycles. The third-order valence-electron chi connectivity index (χ3n) is 5.31. The number of aryl methyl sites for hydroxylation is 1. The summed E-state index contributed by atoms with van der Waals surface area (Å²) in [6.45, 7) is 3.01. The molecular weight excluding hydrogens is 365 g/mol. The highest BCUT2D eigenvalue weighted by atomic mass is 35.5. The van der Waals surface area contributed by atoms with Crippen LogP contribution in [0.15, 0.2) is 48.5 Å². The molecule has 1 saturated heterocycles. The molecule has 1 aliphatic rings. The average molecular weight is 390 g/mol. The number of carbonyl (C=O) groups is 1. The minimum absolute atomic E-state index is 0.0152. The maximum absolute atomic E-state index is 13.8. The predicted octanol–water partition coefficient (Wildman–Crippen LogP) is 4.66. The van der Waals surface area contributed by atoms with Crippen molar-refractivity contribution in [2.24, 2.45) is 0 Å². The van der Waals surface area contributed by atoms with Crippen LogP contribution in [0.25, 0.3) is 0 Å². The highest BCUT2D eigenvalue weighted by Crippen LogP contribution is 2.35. The Morgan fingerprint density at radius 2 is 1.93 bits per heavy atom. The fraction of sp³-hybridized carbons (Fsp3) is 0.409. The lowest BCUT2D eigenvalue weighted by Gasteiger charge is -2.37. The minimum atomic E-state index is -0.727. The predicted molar refractivity (Wildman–Crippen MR) is 106 cm³/mol. The van der Waals surface area contributed by atoms with Crippen molar-refractivity contribution in [1.29, 1.82) is 0 Å². The number of hydrogen-bond acceptors (Lipinski definition) is 2. The molecule has 27 heavy (non-hydrogen) atoms. The van der Waals surface area contributed by atoms with Gasteiger partial charge >= 0.3 is 0 Å². The van der Waals surface area contributed by atoms with E-state index in [0.717, 1.165) is 23.4 Å². The van der Waals surface area contributed by atoms with E-state index in [0.29, 0.717) is 26.1 Å². The number of nitrogens with one attached hydrogen (secondary N) is 1. The van der Waals surface area contributed by atoms with E-state index in [1.165, 1.54) is 17.7 Å². The number of amides is 1. The first-order valence-electron chi connectivity index (χ1n) is 9.39. The number of benzene rings is 2. The molecule has 1 amide bonds. The monoisotopic (exact) mass is 389 g/mol. The second-order valence-corrected chi connectivity index (χ2v) is 7.68. The summed E-state index contributed by atoms with van der Waals surface area (Å²) in [6, 6.07) is 14.2. The van der Waals surface area contributed by atoms with Gasteiger partial charge in [0, 0.05) is 24.3 Å². The summed E-state index contributed by atoms with van der Waals surface area (Å²) < 4.78 is 19.2. The third-order valence-corrected chi connectivity index (χ3v) is 5.57. The fourth-order valence-electron chi connectivity index (χ4n) is 3.62. The molecule has 3 nitrogen and oxygen atoms in total. The Balaban J connectivity index is 1.68. The van der Waals surface area contributed by atoms with Crippen molar-refractivity contribution in [2.75, 3.05) is 13.2 Å². The molecule has 0 saturated carbocycles. The number of rotatable bonds is 6. The van der Waals surface area contributed by atoms with Crippen molar-refractivity contribution in [1.82, 2.24) is 5.32 Å². The molecule has 1 fully saturated rings. The first kappa shape index (κ1) is 19.8. The number of carbonyl (C=O) groups excluding carboxylic acids is 1. The zero-order valence-corrected chi connectivity index (χ0v) is 16.3. The van der Waals surface area contributed by atoms with Crippen LogP contribution >= 0.6 is 11.6 Å². The summed E-state index contributed by atoms with van der Waals surface area (Å²) in [5, 5.41) is 3.87. The van der Waals surface area contributed by atoms with Crippen molar-refractivity contribution in [3.63, 3.8) is 0 Å². The molecule has 2 aromatic carbocycles. The van der Waals surface area contributed by atoms with Gasteiger partial charge in [-0.15, -0.1) is 0 Å². The Bertz CT molecular complexity index is 772. The molecule has 3 rings (SSSR count). The van der Waals surface area contributed by atoms with Crippen molar-refractivity contribution in [3.05, 3.63) is 70.5 Å². The van der Waals surface area contributed by atoms with E-state index in [1.807, 2.05) is 37.3 Å². The van der Waals surface area contributed by atoms with Crippen molar-refractivity contribution in [2.45, 2.75) is 44.1 Å². The van der Waals surface area contributed by atoms with Crippen LogP contribution < -0.4 is 5.32 Å². The average Bonchev–Trinajstić information content (AvgIpc) is 2.68. The summed E-state index contributed by atoms with van der Waals surface area (Å²) in [4.78, 5) is 13.2. The van der Waals surface area contributed by atoms with Crippen LogP contribution in [0.2, 0.25) is 5.02 Å². The number of ether oxygens (including phenoxy) is 1.